The number of carbonyl (C=O) groups excluding carboxylic acids is 3. The summed E-state index contributed by atoms with van der Waals surface area (Å²) in [5, 5.41) is 45.0. The third kappa shape index (κ3) is 13.8. The number of aliphatic hydroxyl groups excluding tert-OH is 3. The van der Waals surface area contributed by atoms with Crippen LogP contribution >= 0.6 is 0 Å². The molecule has 0 bridgehead atoms. The number of amides is 2. The molecule has 2 rings (SSSR count). The maximum Gasteiger partial charge on any atom is 0.328 e. The number of esters is 1. The molecule has 1 radical (unpaired) electrons. The van der Waals surface area contributed by atoms with Gasteiger partial charge in [-0.2, -0.15) is 0 Å². The van der Waals surface area contributed by atoms with Crippen molar-refractivity contribution in [3.05, 3.63) is 59.5 Å². The molecule has 16 nitrogen and oxygen atoms in total. The van der Waals surface area contributed by atoms with E-state index in [-0.39, 0.29) is 37.4 Å². The van der Waals surface area contributed by atoms with Crippen LogP contribution in [0.3, 0.4) is 0 Å². The van der Waals surface area contributed by atoms with Crippen molar-refractivity contribution in [3.8, 4) is 0 Å². The maximum atomic E-state index is 12.3. The van der Waals surface area contributed by atoms with Gasteiger partial charge in [0.1, 0.15) is 17.6 Å². The van der Waals surface area contributed by atoms with E-state index in [9.17, 15) is 19.2 Å². The van der Waals surface area contributed by atoms with Crippen molar-refractivity contribution in [2.45, 2.75) is 30.8 Å². The summed E-state index contributed by atoms with van der Waals surface area (Å²) in [5.74, 6) is -2.38. The van der Waals surface area contributed by atoms with Crippen molar-refractivity contribution in [2.75, 3.05) is 40.0 Å². The van der Waals surface area contributed by atoms with Crippen LogP contribution in [-0.4, -0.2) is 106 Å². The number of aliphatic carboxylic acids is 1. The van der Waals surface area contributed by atoms with Gasteiger partial charge in [0.15, 0.2) is 0 Å². The average Bonchev–Trinajstić information content (AvgIpc) is 3.01. The number of hydrogen-bond donors (Lipinski definition) is 7. The van der Waals surface area contributed by atoms with Gasteiger partial charge in [-0.1, -0.05) is 6.07 Å². The van der Waals surface area contributed by atoms with Crippen molar-refractivity contribution < 1.29 is 64.4 Å². The van der Waals surface area contributed by atoms with Gasteiger partial charge in [0.2, 0.25) is 0 Å². The normalized spacial score (nSPS) is 11.0. The van der Waals surface area contributed by atoms with E-state index in [1.807, 2.05) is 0 Å². The minimum Gasteiger partial charge on any atom is -0.705 e. The Morgan fingerprint density at radius 2 is 1.71 bits per heavy atom. The Balaban J connectivity index is 0.00000110. The molecule has 7 N–H and O–H groups in total. The molecule has 0 aliphatic carbocycles. The Morgan fingerprint density at radius 1 is 1.02 bits per heavy atom. The molecule has 0 saturated carbocycles. The number of nitrogens with zero attached hydrogens (tertiary/aromatic N) is 4. The summed E-state index contributed by atoms with van der Waals surface area (Å²) in [4.78, 5) is 54.0. The van der Waals surface area contributed by atoms with Crippen LogP contribution in [0.4, 0.5) is 5.82 Å². The molecule has 2 heterocycles. The Morgan fingerprint density at radius 3 is 2.21 bits per heavy atom. The summed E-state index contributed by atoms with van der Waals surface area (Å²) in [7, 11) is 1.24. The second-order valence-electron chi connectivity index (χ2n) is 8.52. The Hall–Kier alpha value is -3.73. The summed E-state index contributed by atoms with van der Waals surface area (Å²) in [5.41, 5.74) is 7.87. The average molecular weight is 675 g/mol. The van der Waals surface area contributed by atoms with Crippen molar-refractivity contribution in [3.63, 3.8) is 0 Å². The van der Waals surface area contributed by atoms with E-state index in [2.05, 4.69) is 31.0 Å². The Labute approximate surface area is 255 Å². The first-order valence-electron chi connectivity index (χ1n) is 12.3. The van der Waals surface area contributed by atoms with Crippen molar-refractivity contribution in [1.82, 2.24) is 25.9 Å². The first kappa shape index (κ1) is 38.3. The minimum atomic E-state index is -1.31. The number of hydrogen-bond acceptors (Lipinski definition) is 12. The van der Waals surface area contributed by atoms with Crippen LogP contribution in [0.15, 0.2) is 47.8 Å². The smallest absolute Gasteiger partial charge is 0.328 e. The zero-order valence-corrected chi connectivity index (χ0v) is 24.6. The molecule has 2 aromatic rings. The van der Waals surface area contributed by atoms with Crippen molar-refractivity contribution >= 4 is 29.6 Å². The van der Waals surface area contributed by atoms with E-state index in [4.69, 9.17) is 30.7 Å². The fraction of sp³-hybridized carbons (Fsp3) is 0.440. The number of carboxylic acid groups (broad SMARTS) is 1. The van der Waals surface area contributed by atoms with Crippen LogP contribution in [-0.2, 0) is 34.4 Å². The van der Waals surface area contributed by atoms with Crippen LogP contribution in [0.5, 0.6) is 0 Å². The molecule has 17 heteroatoms. The summed E-state index contributed by atoms with van der Waals surface area (Å²) >= 11 is 0. The SMILES string of the molecule is COC(=O)C(CCCCNC(=O)c1ccccn1)NC(=O)c1ccc(N=[N-])nc1.O=C(O)CNC(CO)(CO)CO.[Tc]. The van der Waals surface area contributed by atoms with E-state index < -0.39 is 55.8 Å². The number of nitrogens with one attached hydrogen (secondary N) is 3. The van der Waals surface area contributed by atoms with Crippen LogP contribution in [0.1, 0.15) is 40.1 Å². The van der Waals surface area contributed by atoms with Gasteiger partial charge in [-0.25, -0.2) is 9.78 Å². The molecule has 42 heavy (non-hydrogen) atoms. The molecule has 0 aromatic carbocycles. The molecular weight excluding hydrogens is 640 g/mol. The zero-order valence-electron chi connectivity index (χ0n) is 22.8. The van der Waals surface area contributed by atoms with E-state index in [0.717, 1.165) is 0 Å². The van der Waals surface area contributed by atoms with Crippen molar-refractivity contribution in [2.24, 2.45) is 5.11 Å². The standard InChI is InChI=1S/C19H21N6O4.C6H13NO5.Tc/c1-29-19(28)15(24-17(26)13-8-9-16(25-20)23-12-13)7-3-5-11-22-18(27)14-6-2-4-10-21-14;8-2-6(3-9,4-10)7-1-5(11)12;/h2,4,6,8-10,12,15H,3,5,7,11H2,1H3,(H,22,27)(H,24,26);7-10H,1-4H2,(H,11,12);/q-1;;. The summed E-state index contributed by atoms with van der Waals surface area (Å²) in [6.45, 7) is -1.57. The van der Waals surface area contributed by atoms with Gasteiger partial charge in [0, 0.05) is 39.0 Å². The molecule has 1 unspecified atom stereocenters. The molecule has 2 amide bonds. The summed E-state index contributed by atoms with van der Waals surface area (Å²) < 4.78 is 4.74. The Kier molecular flexibility index (Phi) is 19.2. The van der Waals surface area contributed by atoms with Crippen LogP contribution in [0, 0.1) is 0 Å². The summed E-state index contributed by atoms with van der Waals surface area (Å²) in [6, 6.07) is 7.04. The topological polar surface area (TPSA) is 255 Å². The zero-order chi connectivity index (χ0) is 30.7. The fourth-order valence-electron chi connectivity index (χ4n) is 3.06. The molecule has 1 atom stereocenters. The molecule has 0 fully saturated rings. The number of aliphatic hydroxyl groups is 3. The number of unbranched alkanes of at least 4 members (excludes halogenated alkanes) is 1. The number of ether oxygens (including phenoxy) is 1. The fourth-order valence-corrected chi connectivity index (χ4v) is 3.06. The number of carboxylic acids is 1. The van der Waals surface area contributed by atoms with Crippen molar-refractivity contribution in [1.29, 1.82) is 0 Å². The van der Waals surface area contributed by atoms with Gasteiger partial charge in [-0.3, -0.25) is 24.7 Å². The van der Waals surface area contributed by atoms with Crippen LogP contribution < -0.4 is 16.0 Å². The van der Waals surface area contributed by atoms with Gasteiger partial charge in [0.25, 0.3) is 11.8 Å². The largest absolute Gasteiger partial charge is 0.705 e. The predicted molar refractivity (Wildman–Crippen MR) is 143 cm³/mol. The second kappa shape index (κ2) is 21.0. The van der Waals surface area contributed by atoms with Crippen LogP contribution in [0.25, 0.3) is 5.53 Å². The summed E-state index contributed by atoms with van der Waals surface area (Å²) in [6.07, 6.45) is 4.31. The molecule has 231 valence electrons. The van der Waals surface area contributed by atoms with E-state index in [0.29, 0.717) is 31.5 Å². The van der Waals surface area contributed by atoms with Gasteiger partial charge in [-0.05, 0) is 43.5 Å². The minimum absolute atomic E-state index is 0. The molecule has 0 aliphatic heterocycles. The number of rotatable bonds is 16. The number of carbonyl (C=O) groups is 4. The third-order valence-corrected chi connectivity index (χ3v) is 5.53. The Bertz CT molecular complexity index is 1110. The second-order valence-corrected chi connectivity index (χ2v) is 8.52. The van der Waals surface area contributed by atoms with Crippen LogP contribution in [0.2, 0.25) is 0 Å². The predicted octanol–water partition coefficient (Wildman–Crippen LogP) is -0.625. The van der Waals surface area contributed by atoms with Gasteiger partial charge >= 0.3 is 11.9 Å². The first-order valence-corrected chi connectivity index (χ1v) is 12.3. The molecule has 0 spiro atoms. The number of methoxy groups -OCH3 is 1. The first-order chi connectivity index (χ1) is 19.6. The number of aromatic nitrogens is 2. The molecular formula is C25H34N7O9Tc-. The van der Waals surface area contributed by atoms with E-state index in [1.54, 1.807) is 24.4 Å². The van der Waals surface area contributed by atoms with E-state index >= 15 is 0 Å². The van der Waals surface area contributed by atoms with Gasteiger partial charge in [0.05, 0.1) is 44.6 Å². The van der Waals surface area contributed by atoms with Gasteiger partial charge in [-0.15, -0.1) is 0 Å². The number of pyridine rings is 2. The monoisotopic (exact) mass is 673 g/mol. The molecule has 0 aliphatic rings. The third-order valence-electron chi connectivity index (χ3n) is 5.53. The molecule has 0 saturated heterocycles. The maximum absolute atomic E-state index is 12.3. The van der Waals surface area contributed by atoms with E-state index in [1.165, 1.54) is 25.4 Å². The quantitative estimate of drug-likeness (QED) is 0.0668. The molecule has 2 aromatic heterocycles. The van der Waals surface area contributed by atoms with Gasteiger partial charge < -0.3 is 46.4 Å².